The minimum atomic E-state index is -0.445. The number of thioether (sulfide) groups is 1. The average Bonchev–Trinajstić information content (AvgIpc) is 3.48. The molecule has 0 radical (unpaired) electrons. The second-order valence-corrected chi connectivity index (χ2v) is 8.03. The molecule has 2 aromatic heterocycles. The number of nitrogens with zero attached hydrogens (tertiary/aromatic N) is 2. The molecule has 0 aliphatic heterocycles. The van der Waals surface area contributed by atoms with Crippen LogP contribution < -0.4 is 10.1 Å². The van der Waals surface area contributed by atoms with Crippen molar-refractivity contribution in [3.05, 3.63) is 88.4 Å². The lowest BCUT2D eigenvalue weighted by atomic mass is 10.1. The number of ether oxygens (including phenoxy) is 1. The van der Waals surface area contributed by atoms with Crippen LogP contribution in [0.5, 0.6) is 5.75 Å². The fraction of sp³-hybridized carbons (Fsp3) is 0.0476. The molecule has 0 fully saturated rings. The van der Waals surface area contributed by atoms with E-state index < -0.39 is 5.97 Å². The van der Waals surface area contributed by atoms with Crippen LogP contribution in [-0.2, 0) is 5.75 Å². The summed E-state index contributed by atoms with van der Waals surface area (Å²) in [6.45, 7) is 0. The number of anilines is 1. The Kier molecular flexibility index (Phi) is 6.21. The van der Waals surface area contributed by atoms with E-state index in [2.05, 4.69) is 20.5 Å². The molecule has 30 heavy (non-hydrogen) atoms. The predicted molar refractivity (Wildman–Crippen MR) is 116 cm³/mol. The Morgan fingerprint density at radius 2 is 1.87 bits per heavy atom. The summed E-state index contributed by atoms with van der Waals surface area (Å²) >= 11 is 2.90. The summed E-state index contributed by atoms with van der Waals surface area (Å²) < 4.78 is 5.41. The number of H-pyrrole nitrogens is 1. The van der Waals surface area contributed by atoms with Crippen molar-refractivity contribution in [1.29, 1.82) is 0 Å². The van der Waals surface area contributed by atoms with Gasteiger partial charge in [-0.05, 0) is 53.4 Å². The Labute approximate surface area is 180 Å². The molecule has 7 nitrogen and oxygen atoms in total. The zero-order valence-electron chi connectivity index (χ0n) is 15.6. The highest BCUT2D eigenvalue weighted by Gasteiger charge is 2.10. The number of amides is 1. The van der Waals surface area contributed by atoms with Crippen LogP contribution in [0, 0.1) is 0 Å². The topological polar surface area (TPSA) is 97.0 Å². The van der Waals surface area contributed by atoms with Crippen LogP contribution in [0.4, 0.5) is 5.69 Å². The molecule has 1 amide bonds. The van der Waals surface area contributed by atoms with E-state index in [4.69, 9.17) is 4.74 Å². The van der Waals surface area contributed by atoms with Crippen molar-refractivity contribution in [2.45, 2.75) is 10.9 Å². The molecule has 0 unspecified atom stereocenters. The van der Waals surface area contributed by atoms with Gasteiger partial charge in [0.05, 0.1) is 10.4 Å². The largest absolute Gasteiger partial charge is 0.423 e. The normalized spacial score (nSPS) is 10.5. The third-order valence-electron chi connectivity index (χ3n) is 4.03. The van der Waals surface area contributed by atoms with E-state index in [1.165, 1.54) is 29.4 Å². The molecule has 0 bridgehead atoms. The summed E-state index contributed by atoms with van der Waals surface area (Å²) in [6, 6.07) is 17.5. The Morgan fingerprint density at radius 3 is 2.53 bits per heavy atom. The first-order valence-corrected chi connectivity index (χ1v) is 10.8. The molecule has 150 valence electrons. The van der Waals surface area contributed by atoms with Gasteiger partial charge in [0.15, 0.2) is 5.16 Å². The maximum Gasteiger partial charge on any atom is 0.343 e. The van der Waals surface area contributed by atoms with Crippen LogP contribution in [0.2, 0.25) is 0 Å². The number of aromatic amines is 1. The van der Waals surface area contributed by atoms with Gasteiger partial charge in [-0.1, -0.05) is 30.0 Å². The lowest BCUT2D eigenvalue weighted by Crippen LogP contribution is -2.10. The molecule has 2 aromatic carbocycles. The molecule has 4 aromatic rings. The van der Waals surface area contributed by atoms with Gasteiger partial charge in [0, 0.05) is 11.4 Å². The number of aromatic nitrogens is 3. The standard InChI is InChI=1S/C21H16N4O3S2/c26-19(18-2-1-11-29-18)24-16-7-9-17(10-8-16)28-20(27)15-5-3-14(4-6-15)12-30-21-22-13-23-25-21/h1-11,13H,12H2,(H,24,26)(H,22,23,25). The highest BCUT2D eigenvalue weighted by atomic mass is 32.2. The number of esters is 1. The van der Waals surface area contributed by atoms with Gasteiger partial charge in [0.25, 0.3) is 5.91 Å². The highest BCUT2D eigenvalue weighted by Crippen LogP contribution is 2.21. The molecule has 4 rings (SSSR count). The summed E-state index contributed by atoms with van der Waals surface area (Å²) in [7, 11) is 0. The van der Waals surface area contributed by atoms with E-state index in [9.17, 15) is 9.59 Å². The molecule has 9 heteroatoms. The number of hydrogen-bond acceptors (Lipinski definition) is 7. The first-order chi connectivity index (χ1) is 14.7. The molecule has 0 aliphatic rings. The molecule has 0 saturated carbocycles. The zero-order chi connectivity index (χ0) is 20.8. The van der Waals surface area contributed by atoms with Crippen LogP contribution in [0.3, 0.4) is 0 Å². The van der Waals surface area contributed by atoms with Crippen LogP contribution in [0.25, 0.3) is 0 Å². The van der Waals surface area contributed by atoms with Crippen LogP contribution in [-0.4, -0.2) is 27.1 Å². The van der Waals surface area contributed by atoms with E-state index in [0.29, 0.717) is 27.6 Å². The van der Waals surface area contributed by atoms with Crippen molar-refractivity contribution < 1.29 is 14.3 Å². The van der Waals surface area contributed by atoms with Crippen molar-refractivity contribution in [1.82, 2.24) is 15.2 Å². The molecule has 2 N–H and O–H groups in total. The van der Waals surface area contributed by atoms with E-state index in [1.54, 1.807) is 42.5 Å². The number of rotatable bonds is 7. The Hall–Kier alpha value is -3.43. The Morgan fingerprint density at radius 1 is 1.07 bits per heavy atom. The summed E-state index contributed by atoms with van der Waals surface area (Å²) in [5, 5.41) is 12.0. The Bertz CT molecular complexity index is 1110. The fourth-order valence-electron chi connectivity index (χ4n) is 2.53. The Balaban J connectivity index is 1.31. The van der Waals surface area contributed by atoms with Gasteiger partial charge in [0.1, 0.15) is 12.1 Å². The summed E-state index contributed by atoms with van der Waals surface area (Å²) in [4.78, 5) is 29.1. The molecule has 0 spiro atoms. The second-order valence-electron chi connectivity index (χ2n) is 6.12. The minimum Gasteiger partial charge on any atom is -0.423 e. The third-order valence-corrected chi connectivity index (χ3v) is 5.84. The quantitative estimate of drug-likeness (QED) is 0.249. The number of carbonyl (C=O) groups is 2. The van der Waals surface area contributed by atoms with Gasteiger partial charge in [-0.15, -0.1) is 11.3 Å². The molecule has 0 atom stereocenters. The highest BCUT2D eigenvalue weighted by molar-refractivity contribution is 7.98. The van der Waals surface area contributed by atoms with E-state index >= 15 is 0 Å². The number of hydrogen-bond donors (Lipinski definition) is 2. The first-order valence-electron chi connectivity index (χ1n) is 8.91. The molecular weight excluding hydrogens is 420 g/mol. The predicted octanol–water partition coefficient (Wildman–Crippen LogP) is 4.63. The third kappa shape index (κ3) is 5.13. The number of nitrogens with one attached hydrogen (secondary N) is 2. The van der Waals surface area contributed by atoms with E-state index in [-0.39, 0.29) is 5.91 Å². The van der Waals surface area contributed by atoms with Crippen molar-refractivity contribution in [3.63, 3.8) is 0 Å². The van der Waals surface area contributed by atoms with E-state index in [0.717, 1.165) is 10.7 Å². The molecule has 0 aliphatic carbocycles. The van der Waals surface area contributed by atoms with Crippen LogP contribution in [0.1, 0.15) is 25.6 Å². The lowest BCUT2D eigenvalue weighted by molar-refractivity contribution is 0.0734. The van der Waals surface area contributed by atoms with Crippen molar-refractivity contribution in [2.75, 3.05) is 5.32 Å². The lowest BCUT2D eigenvalue weighted by Gasteiger charge is -2.07. The number of carbonyl (C=O) groups excluding carboxylic acids is 2. The van der Waals surface area contributed by atoms with Crippen LogP contribution in [0.15, 0.2) is 77.5 Å². The average molecular weight is 437 g/mol. The van der Waals surface area contributed by atoms with Gasteiger partial charge in [-0.25, -0.2) is 9.78 Å². The molecule has 0 saturated heterocycles. The van der Waals surface area contributed by atoms with Gasteiger partial charge >= 0.3 is 5.97 Å². The SMILES string of the molecule is O=C(Oc1ccc(NC(=O)c2cccs2)cc1)c1ccc(CSc2ncn[nH]2)cc1. The smallest absolute Gasteiger partial charge is 0.343 e. The van der Waals surface area contributed by atoms with Crippen LogP contribution >= 0.6 is 23.1 Å². The summed E-state index contributed by atoms with van der Waals surface area (Å²) in [5.41, 5.74) is 2.14. The zero-order valence-corrected chi connectivity index (χ0v) is 17.2. The van der Waals surface area contributed by atoms with Gasteiger partial charge in [-0.2, -0.15) is 5.10 Å². The number of thiophene rings is 1. The maximum absolute atomic E-state index is 12.4. The molecule has 2 heterocycles. The van der Waals surface area contributed by atoms with Gasteiger partial charge < -0.3 is 10.1 Å². The second kappa shape index (κ2) is 9.38. The minimum absolute atomic E-state index is 0.170. The van der Waals surface area contributed by atoms with Gasteiger partial charge in [-0.3, -0.25) is 9.89 Å². The molecular formula is C21H16N4O3S2. The van der Waals surface area contributed by atoms with Gasteiger partial charge in [0.2, 0.25) is 0 Å². The summed E-state index contributed by atoms with van der Waals surface area (Å²) in [6.07, 6.45) is 1.46. The van der Waals surface area contributed by atoms with E-state index in [1.807, 2.05) is 23.6 Å². The maximum atomic E-state index is 12.4. The van der Waals surface area contributed by atoms with Crippen molar-refractivity contribution in [3.8, 4) is 5.75 Å². The summed E-state index contributed by atoms with van der Waals surface area (Å²) in [5.74, 6) is 0.499. The van der Waals surface area contributed by atoms with Crippen molar-refractivity contribution in [2.24, 2.45) is 0 Å². The number of benzene rings is 2. The monoisotopic (exact) mass is 436 g/mol. The van der Waals surface area contributed by atoms with Crippen molar-refractivity contribution >= 4 is 40.7 Å². The first kappa shape index (κ1) is 19.9. The fourth-order valence-corrected chi connectivity index (χ4v) is 3.88.